The van der Waals surface area contributed by atoms with E-state index in [1.165, 1.54) is 11.8 Å². The fraction of sp³-hybridized carbons (Fsp3) is 0.333. The molecule has 31 heavy (non-hydrogen) atoms. The Morgan fingerprint density at radius 1 is 1.13 bits per heavy atom. The highest BCUT2D eigenvalue weighted by atomic mass is 35.5. The molecule has 6 nitrogen and oxygen atoms in total. The van der Waals surface area contributed by atoms with Gasteiger partial charge in [0.2, 0.25) is 10.0 Å². The lowest BCUT2D eigenvalue weighted by Crippen LogP contribution is -2.30. The third-order valence-corrected chi connectivity index (χ3v) is 7.61. The minimum Gasteiger partial charge on any atom is -0.271 e. The molecule has 0 saturated carbocycles. The summed E-state index contributed by atoms with van der Waals surface area (Å²) >= 11 is 14.1. The first-order chi connectivity index (χ1) is 14.8. The molecule has 3 aromatic rings. The van der Waals surface area contributed by atoms with E-state index < -0.39 is 16.1 Å². The Balaban J connectivity index is 1.96. The summed E-state index contributed by atoms with van der Waals surface area (Å²) in [6.07, 6.45) is 1.39. The average Bonchev–Trinajstić information content (AvgIpc) is 3.15. The molecule has 0 spiro atoms. The molecule has 0 saturated heterocycles. The van der Waals surface area contributed by atoms with E-state index >= 15 is 0 Å². The molecule has 0 aliphatic carbocycles. The Morgan fingerprint density at radius 2 is 1.87 bits per heavy atom. The van der Waals surface area contributed by atoms with Crippen molar-refractivity contribution in [3.8, 4) is 5.69 Å². The minimum absolute atomic E-state index is 0.0687. The van der Waals surface area contributed by atoms with Crippen LogP contribution in [0.2, 0.25) is 10.0 Å². The molecular weight excluding hydrogens is 475 g/mol. The van der Waals surface area contributed by atoms with E-state index in [-0.39, 0.29) is 5.75 Å². The second-order valence-electron chi connectivity index (χ2n) is 7.06. The highest BCUT2D eigenvalue weighted by Gasteiger charge is 2.24. The van der Waals surface area contributed by atoms with Crippen molar-refractivity contribution in [2.45, 2.75) is 43.6 Å². The van der Waals surface area contributed by atoms with Gasteiger partial charge < -0.3 is 0 Å². The number of hydrogen-bond acceptors (Lipinski definition) is 5. The Bertz CT molecular complexity index is 1120. The van der Waals surface area contributed by atoms with Crippen molar-refractivity contribution in [1.29, 1.82) is 0 Å². The number of nitrogens with zero attached hydrogens (tertiary/aromatic N) is 3. The summed E-state index contributed by atoms with van der Waals surface area (Å²) < 4.78 is 29.4. The number of rotatable bonds is 10. The largest absolute Gasteiger partial charge is 0.271 e. The standard InChI is InChI=1S/C21H24Cl2N4O2S2/c1-3-4-12-31(28,29)26-15(2)20-24-25-21(30-14-16-8-6-5-7-9-16)27(20)19-11-10-17(22)13-18(19)23/h5-11,13,15,26H,3-4,12,14H2,1-2H3. The van der Waals surface area contributed by atoms with Gasteiger partial charge in [-0.2, -0.15) is 0 Å². The first kappa shape index (κ1) is 24.1. The van der Waals surface area contributed by atoms with Crippen molar-refractivity contribution in [3.05, 3.63) is 70.0 Å². The lowest BCUT2D eigenvalue weighted by molar-refractivity contribution is 0.553. The third-order valence-electron chi connectivity index (χ3n) is 4.53. The lowest BCUT2D eigenvalue weighted by Gasteiger charge is -2.17. The number of sulfonamides is 1. The molecule has 0 amide bonds. The van der Waals surface area contributed by atoms with E-state index in [1.807, 2.05) is 37.3 Å². The van der Waals surface area contributed by atoms with Gasteiger partial charge >= 0.3 is 0 Å². The zero-order chi connectivity index (χ0) is 22.4. The van der Waals surface area contributed by atoms with Crippen LogP contribution in [0.4, 0.5) is 0 Å². The van der Waals surface area contributed by atoms with E-state index in [0.717, 1.165) is 12.0 Å². The predicted octanol–water partition coefficient (Wildman–Crippen LogP) is 5.65. The van der Waals surface area contributed by atoms with Crippen molar-refractivity contribution in [2.24, 2.45) is 0 Å². The van der Waals surface area contributed by atoms with Gasteiger partial charge in [-0.15, -0.1) is 10.2 Å². The quantitative estimate of drug-likeness (QED) is 0.365. The Kier molecular flexibility index (Phi) is 8.41. The average molecular weight is 499 g/mol. The predicted molar refractivity (Wildman–Crippen MR) is 128 cm³/mol. The van der Waals surface area contributed by atoms with Crippen molar-refractivity contribution < 1.29 is 8.42 Å². The van der Waals surface area contributed by atoms with Crippen LogP contribution >= 0.6 is 35.0 Å². The molecular formula is C21H24Cl2N4O2S2. The number of nitrogens with one attached hydrogen (secondary N) is 1. The summed E-state index contributed by atoms with van der Waals surface area (Å²) in [6.45, 7) is 3.70. The molecule has 3 rings (SSSR count). The molecule has 1 aromatic heterocycles. The molecule has 0 bridgehead atoms. The molecule has 0 aliphatic rings. The van der Waals surface area contributed by atoms with E-state index in [9.17, 15) is 8.42 Å². The molecule has 1 atom stereocenters. The van der Waals surface area contributed by atoms with E-state index in [0.29, 0.717) is 38.9 Å². The SMILES string of the molecule is CCCCS(=O)(=O)NC(C)c1nnc(SCc2ccccc2)n1-c1ccc(Cl)cc1Cl. The van der Waals surface area contributed by atoms with Crippen LogP contribution in [0.25, 0.3) is 5.69 Å². The van der Waals surface area contributed by atoms with Crippen molar-refractivity contribution >= 4 is 45.0 Å². The van der Waals surface area contributed by atoms with Crippen LogP contribution in [-0.4, -0.2) is 28.9 Å². The number of unbranched alkanes of at least 4 members (excludes halogenated alkanes) is 1. The number of aromatic nitrogens is 3. The smallest absolute Gasteiger partial charge is 0.212 e. The van der Waals surface area contributed by atoms with Gasteiger partial charge in [-0.05, 0) is 37.1 Å². The molecule has 10 heteroatoms. The molecule has 2 aromatic carbocycles. The molecule has 166 valence electrons. The molecule has 1 unspecified atom stereocenters. The minimum atomic E-state index is -3.44. The van der Waals surface area contributed by atoms with Gasteiger partial charge in [-0.3, -0.25) is 4.57 Å². The van der Waals surface area contributed by atoms with Crippen molar-refractivity contribution in [1.82, 2.24) is 19.5 Å². The molecule has 0 radical (unpaired) electrons. The van der Waals surface area contributed by atoms with Crippen LogP contribution in [0.15, 0.2) is 53.7 Å². The van der Waals surface area contributed by atoms with Crippen molar-refractivity contribution in [2.75, 3.05) is 5.75 Å². The topological polar surface area (TPSA) is 76.9 Å². The van der Waals surface area contributed by atoms with Crippen molar-refractivity contribution in [3.63, 3.8) is 0 Å². The fourth-order valence-corrected chi connectivity index (χ4v) is 5.81. The highest BCUT2D eigenvalue weighted by molar-refractivity contribution is 7.98. The van der Waals surface area contributed by atoms with Gasteiger partial charge in [0.25, 0.3) is 0 Å². The van der Waals surface area contributed by atoms with Gasteiger partial charge in [0, 0.05) is 10.8 Å². The van der Waals surface area contributed by atoms with Crippen LogP contribution in [-0.2, 0) is 15.8 Å². The van der Waals surface area contributed by atoms with E-state index in [1.54, 1.807) is 29.7 Å². The van der Waals surface area contributed by atoms with Crippen LogP contribution in [0.5, 0.6) is 0 Å². The second kappa shape index (κ2) is 10.8. The highest BCUT2D eigenvalue weighted by Crippen LogP contribution is 2.32. The monoisotopic (exact) mass is 498 g/mol. The summed E-state index contributed by atoms with van der Waals surface area (Å²) in [5.41, 5.74) is 1.78. The van der Waals surface area contributed by atoms with Crippen LogP contribution in [0.3, 0.4) is 0 Å². The molecule has 0 fully saturated rings. The first-order valence-electron chi connectivity index (χ1n) is 9.88. The van der Waals surface area contributed by atoms with Crippen LogP contribution in [0.1, 0.15) is 44.1 Å². The summed E-state index contributed by atoms with van der Waals surface area (Å²) in [6, 6.07) is 14.6. The van der Waals surface area contributed by atoms with E-state index in [4.69, 9.17) is 23.2 Å². The zero-order valence-corrected chi connectivity index (χ0v) is 20.4. The number of halogens is 2. The zero-order valence-electron chi connectivity index (χ0n) is 17.3. The van der Waals surface area contributed by atoms with Gasteiger partial charge in [0.05, 0.1) is 22.5 Å². The molecule has 1 heterocycles. The van der Waals surface area contributed by atoms with Gasteiger partial charge in [-0.1, -0.05) is 78.6 Å². The van der Waals surface area contributed by atoms with Crippen LogP contribution in [0, 0.1) is 0 Å². The third kappa shape index (κ3) is 6.46. The normalized spacial score (nSPS) is 12.8. The summed E-state index contributed by atoms with van der Waals surface area (Å²) in [7, 11) is -3.44. The Hall–Kier alpha value is -1.58. The molecule has 0 aliphatic heterocycles. The maximum atomic E-state index is 12.4. The summed E-state index contributed by atoms with van der Waals surface area (Å²) in [5.74, 6) is 1.21. The summed E-state index contributed by atoms with van der Waals surface area (Å²) in [5, 5.41) is 10.2. The number of benzene rings is 2. The number of hydrogen-bond donors (Lipinski definition) is 1. The Morgan fingerprint density at radius 3 is 2.55 bits per heavy atom. The summed E-state index contributed by atoms with van der Waals surface area (Å²) in [4.78, 5) is 0. The second-order valence-corrected chi connectivity index (χ2v) is 10.7. The lowest BCUT2D eigenvalue weighted by atomic mass is 10.2. The van der Waals surface area contributed by atoms with Gasteiger partial charge in [-0.25, -0.2) is 13.1 Å². The maximum absolute atomic E-state index is 12.4. The fourth-order valence-electron chi connectivity index (χ4n) is 2.98. The first-order valence-corrected chi connectivity index (χ1v) is 13.3. The van der Waals surface area contributed by atoms with Crippen LogP contribution < -0.4 is 4.72 Å². The van der Waals surface area contributed by atoms with E-state index in [2.05, 4.69) is 14.9 Å². The Labute approximate surface area is 197 Å². The maximum Gasteiger partial charge on any atom is 0.212 e. The number of thioether (sulfide) groups is 1. The molecule has 1 N–H and O–H groups in total. The van der Waals surface area contributed by atoms with Gasteiger partial charge in [0.1, 0.15) is 0 Å². The van der Waals surface area contributed by atoms with Gasteiger partial charge in [0.15, 0.2) is 11.0 Å².